The van der Waals surface area contributed by atoms with Crippen LogP contribution in [0.4, 0.5) is 0 Å². The molecule has 5 heteroatoms. The molecule has 2 aliphatic rings. The van der Waals surface area contributed by atoms with Crippen LogP contribution in [0, 0.1) is 5.92 Å². The third kappa shape index (κ3) is 3.98. The normalized spacial score (nSPS) is 20.0. The summed E-state index contributed by atoms with van der Waals surface area (Å²) in [6, 6.07) is 5.71. The van der Waals surface area contributed by atoms with Crippen molar-refractivity contribution >= 4 is 29.3 Å². The van der Waals surface area contributed by atoms with Crippen LogP contribution in [0.3, 0.4) is 0 Å². The Hall–Kier alpha value is -0.710. The van der Waals surface area contributed by atoms with Crippen LogP contribution >= 0.6 is 23.4 Å². The number of hydrogen-bond acceptors (Lipinski definition) is 3. The molecule has 1 aliphatic carbocycles. The maximum Gasteiger partial charge on any atom is 0.255 e. The van der Waals surface area contributed by atoms with Gasteiger partial charge in [0, 0.05) is 31.1 Å². The topological polar surface area (TPSA) is 23.6 Å². The Balaban J connectivity index is 1.66. The van der Waals surface area contributed by atoms with Gasteiger partial charge in [-0.3, -0.25) is 4.79 Å². The first-order valence-electron chi connectivity index (χ1n) is 8.02. The Kier molecular flexibility index (Phi) is 5.32. The Bertz CT molecular complexity index is 547. The van der Waals surface area contributed by atoms with Crippen LogP contribution < -0.4 is 0 Å². The van der Waals surface area contributed by atoms with Gasteiger partial charge in [-0.1, -0.05) is 11.6 Å². The molecule has 2 fully saturated rings. The molecule has 0 radical (unpaired) electrons. The maximum absolute atomic E-state index is 12.8. The molecule has 3 rings (SSSR count). The van der Waals surface area contributed by atoms with Crippen LogP contribution in [0.25, 0.3) is 0 Å². The van der Waals surface area contributed by atoms with E-state index in [2.05, 4.69) is 4.90 Å². The van der Waals surface area contributed by atoms with E-state index >= 15 is 0 Å². The summed E-state index contributed by atoms with van der Waals surface area (Å²) in [6.45, 7) is 4.96. The third-order valence-corrected chi connectivity index (χ3v) is 5.55. The number of amides is 1. The van der Waals surface area contributed by atoms with Crippen molar-refractivity contribution in [2.75, 3.05) is 39.0 Å². The second-order valence-electron chi connectivity index (χ2n) is 6.24. The maximum atomic E-state index is 12.8. The molecule has 0 unspecified atom stereocenters. The first kappa shape index (κ1) is 16.2. The fourth-order valence-electron chi connectivity index (χ4n) is 2.99. The van der Waals surface area contributed by atoms with E-state index in [1.807, 2.05) is 29.4 Å². The molecule has 1 aliphatic heterocycles. The smallest absolute Gasteiger partial charge is 0.255 e. The second-order valence-corrected chi connectivity index (χ2v) is 7.52. The van der Waals surface area contributed by atoms with Crippen LogP contribution in [-0.2, 0) is 0 Å². The molecule has 1 saturated carbocycles. The zero-order valence-corrected chi connectivity index (χ0v) is 14.6. The highest BCUT2D eigenvalue weighted by molar-refractivity contribution is 7.98. The van der Waals surface area contributed by atoms with Crippen LogP contribution in [0.2, 0.25) is 5.02 Å². The third-order valence-electron chi connectivity index (χ3n) is 4.49. The highest BCUT2D eigenvalue weighted by atomic mass is 35.5. The molecule has 0 bridgehead atoms. The second kappa shape index (κ2) is 7.24. The van der Waals surface area contributed by atoms with Crippen molar-refractivity contribution in [3.05, 3.63) is 28.8 Å². The number of carbonyl (C=O) groups is 1. The van der Waals surface area contributed by atoms with Gasteiger partial charge in [0.25, 0.3) is 5.91 Å². The summed E-state index contributed by atoms with van der Waals surface area (Å²) in [5, 5.41) is 0.557. The average Bonchev–Trinajstić information content (AvgIpc) is 3.35. The van der Waals surface area contributed by atoms with E-state index in [0.29, 0.717) is 10.6 Å². The molecule has 1 heterocycles. The number of nitrogens with zero attached hydrogens (tertiary/aromatic N) is 2. The summed E-state index contributed by atoms with van der Waals surface area (Å²) in [5.74, 6) is 0.990. The quantitative estimate of drug-likeness (QED) is 0.783. The highest BCUT2D eigenvalue weighted by Crippen LogP contribution is 2.30. The van der Waals surface area contributed by atoms with Crippen LogP contribution in [0.15, 0.2) is 23.1 Å². The minimum Gasteiger partial charge on any atom is -0.337 e. The summed E-state index contributed by atoms with van der Waals surface area (Å²) < 4.78 is 0. The van der Waals surface area contributed by atoms with Crippen LogP contribution in [0.5, 0.6) is 0 Å². The highest BCUT2D eigenvalue weighted by Gasteiger charge is 2.27. The van der Waals surface area contributed by atoms with E-state index in [-0.39, 0.29) is 5.91 Å². The molecule has 1 aromatic carbocycles. The van der Waals surface area contributed by atoms with Crippen molar-refractivity contribution in [1.29, 1.82) is 0 Å². The first-order valence-corrected chi connectivity index (χ1v) is 9.63. The molecule has 1 amide bonds. The van der Waals surface area contributed by atoms with E-state index in [0.717, 1.165) is 43.4 Å². The van der Waals surface area contributed by atoms with Gasteiger partial charge in [0.1, 0.15) is 0 Å². The lowest BCUT2D eigenvalue weighted by molar-refractivity contribution is 0.0761. The summed E-state index contributed by atoms with van der Waals surface area (Å²) in [4.78, 5) is 18.4. The van der Waals surface area contributed by atoms with Crippen molar-refractivity contribution in [3.63, 3.8) is 0 Å². The molecular formula is C17H23ClN2OS. The van der Waals surface area contributed by atoms with Gasteiger partial charge in [-0.15, -0.1) is 11.8 Å². The molecular weight excluding hydrogens is 316 g/mol. The van der Waals surface area contributed by atoms with Crippen molar-refractivity contribution < 1.29 is 4.79 Å². The molecule has 0 spiro atoms. The average molecular weight is 339 g/mol. The lowest BCUT2D eigenvalue weighted by Gasteiger charge is -2.22. The number of benzene rings is 1. The van der Waals surface area contributed by atoms with Gasteiger partial charge in [0.2, 0.25) is 0 Å². The summed E-state index contributed by atoms with van der Waals surface area (Å²) >= 11 is 7.88. The summed E-state index contributed by atoms with van der Waals surface area (Å²) in [7, 11) is 0. The molecule has 3 nitrogen and oxygen atoms in total. The van der Waals surface area contributed by atoms with Crippen LogP contribution in [0.1, 0.15) is 29.6 Å². The van der Waals surface area contributed by atoms with Gasteiger partial charge in [0.15, 0.2) is 0 Å². The van der Waals surface area contributed by atoms with Gasteiger partial charge in [-0.2, -0.15) is 0 Å². The minimum atomic E-state index is 0.0779. The molecule has 0 N–H and O–H groups in total. The van der Waals surface area contributed by atoms with Gasteiger partial charge in [-0.25, -0.2) is 0 Å². The number of hydrogen-bond donors (Lipinski definition) is 0. The number of thioether (sulfide) groups is 1. The molecule has 120 valence electrons. The zero-order valence-electron chi connectivity index (χ0n) is 13.1. The number of carbonyl (C=O) groups excluding carboxylic acids is 1. The van der Waals surface area contributed by atoms with E-state index in [1.54, 1.807) is 11.8 Å². The molecule has 1 aromatic rings. The Morgan fingerprint density at radius 2 is 2.09 bits per heavy atom. The molecule has 0 atom stereocenters. The Morgan fingerprint density at radius 1 is 1.27 bits per heavy atom. The largest absolute Gasteiger partial charge is 0.337 e. The fraction of sp³-hybridized carbons (Fsp3) is 0.588. The SMILES string of the molecule is CSc1ccc(Cl)c(C(=O)N2CCCN(CC3CC3)CC2)c1. The van der Waals surface area contributed by atoms with Gasteiger partial charge in [-0.05, 0) is 56.2 Å². The van der Waals surface area contributed by atoms with Gasteiger partial charge in [0.05, 0.1) is 10.6 Å². The fourth-order valence-corrected chi connectivity index (χ4v) is 3.63. The predicted molar refractivity (Wildman–Crippen MR) is 92.9 cm³/mol. The van der Waals surface area contributed by atoms with Gasteiger partial charge < -0.3 is 9.80 Å². The van der Waals surface area contributed by atoms with E-state index in [9.17, 15) is 4.79 Å². The van der Waals surface area contributed by atoms with Gasteiger partial charge >= 0.3 is 0 Å². The lowest BCUT2D eigenvalue weighted by atomic mass is 10.2. The summed E-state index contributed by atoms with van der Waals surface area (Å²) in [5.41, 5.74) is 0.643. The number of halogens is 1. The van der Waals surface area contributed by atoms with Crippen molar-refractivity contribution in [2.45, 2.75) is 24.2 Å². The minimum absolute atomic E-state index is 0.0779. The van der Waals surface area contributed by atoms with Crippen LogP contribution in [-0.4, -0.2) is 54.7 Å². The molecule has 1 saturated heterocycles. The predicted octanol–water partition coefficient (Wildman–Crippen LogP) is 3.62. The molecule has 0 aromatic heterocycles. The van der Waals surface area contributed by atoms with Crippen molar-refractivity contribution in [2.24, 2.45) is 5.92 Å². The Morgan fingerprint density at radius 3 is 2.82 bits per heavy atom. The lowest BCUT2D eigenvalue weighted by Crippen LogP contribution is -2.35. The molecule has 22 heavy (non-hydrogen) atoms. The summed E-state index contributed by atoms with van der Waals surface area (Å²) in [6.07, 6.45) is 5.84. The monoisotopic (exact) mass is 338 g/mol. The standard InChI is InChI=1S/C17H23ClN2OS/c1-22-14-5-6-16(18)15(11-14)17(21)20-8-2-7-19(9-10-20)12-13-3-4-13/h5-6,11,13H,2-4,7-10,12H2,1H3. The number of rotatable bonds is 4. The Labute approximate surface area is 142 Å². The van der Waals surface area contributed by atoms with E-state index in [4.69, 9.17) is 11.6 Å². The van der Waals surface area contributed by atoms with Crippen molar-refractivity contribution in [3.8, 4) is 0 Å². The van der Waals surface area contributed by atoms with E-state index in [1.165, 1.54) is 19.4 Å². The first-order chi connectivity index (χ1) is 10.7. The zero-order chi connectivity index (χ0) is 15.5. The van der Waals surface area contributed by atoms with E-state index < -0.39 is 0 Å². The van der Waals surface area contributed by atoms with Crippen molar-refractivity contribution in [1.82, 2.24) is 9.80 Å².